The van der Waals surface area contributed by atoms with E-state index in [1.54, 1.807) is 0 Å². The third-order valence-corrected chi connectivity index (χ3v) is 2.97. The van der Waals surface area contributed by atoms with Crippen LogP contribution >= 0.6 is 15.9 Å². The Labute approximate surface area is 93.7 Å². The van der Waals surface area contributed by atoms with E-state index in [9.17, 15) is 4.79 Å². The Morgan fingerprint density at radius 2 is 2.07 bits per heavy atom. The molecule has 0 spiro atoms. The molecule has 0 bridgehead atoms. The number of halogens is 1. The predicted molar refractivity (Wildman–Crippen MR) is 62.8 cm³/mol. The maximum atomic E-state index is 11.6. The molecule has 0 amide bonds. The van der Waals surface area contributed by atoms with Gasteiger partial charge in [-0.2, -0.15) is 0 Å². The molecule has 0 heterocycles. The highest BCUT2D eigenvalue weighted by atomic mass is 79.9. The fourth-order valence-electron chi connectivity index (χ4n) is 1.38. The first-order valence-corrected chi connectivity index (χ1v) is 5.80. The lowest BCUT2D eigenvalue weighted by molar-refractivity contribution is 0.0981. The molecule has 1 nitrogen and oxygen atoms in total. The van der Waals surface area contributed by atoms with Crippen molar-refractivity contribution in [3.8, 4) is 0 Å². The molecule has 0 aliphatic heterocycles. The normalized spacial score (nSPS) is 10.2. The van der Waals surface area contributed by atoms with E-state index >= 15 is 0 Å². The first-order chi connectivity index (χ1) is 6.69. The van der Waals surface area contributed by atoms with E-state index in [4.69, 9.17) is 0 Å². The molecule has 0 unspecified atom stereocenters. The van der Waals surface area contributed by atoms with Crippen LogP contribution in [0.5, 0.6) is 0 Å². The highest BCUT2D eigenvalue weighted by Crippen LogP contribution is 2.20. The second kappa shape index (κ2) is 5.30. The van der Waals surface area contributed by atoms with E-state index in [2.05, 4.69) is 22.9 Å². The summed E-state index contributed by atoms with van der Waals surface area (Å²) in [5, 5.41) is 0. The van der Waals surface area contributed by atoms with Crippen LogP contribution in [-0.4, -0.2) is 5.78 Å². The van der Waals surface area contributed by atoms with Crippen molar-refractivity contribution in [2.24, 2.45) is 0 Å². The minimum absolute atomic E-state index is 0.232. The molecule has 0 atom stereocenters. The zero-order chi connectivity index (χ0) is 10.6. The predicted octanol–water partition coefficient (Wildman–Crippen LogP) is 3.99. The molecule has 0 fully saturated rings. The Bertz CT molecular complexity index is 331. The van der Waals surface area contributed by atoms with E-state index in [0.717, 1.165) is 22.9 Å². The quantitative estimate of drug-likeness (QED) is 0.743. The zero-order valence-corrected chi connectivity index (χ0v) is 10.2. The van der Waals surface area contributed by atoms with Crippen molar-refractivity contribution < 1.29 is 4.79 Å². The lowest BCUT2D eigenvalue weighted by Crippen LogP contribution is -1.98. The summed E-state index contributed by atoms with van der Waals surface area (Å²) in [5.74, 6) is 0.232. The molecule has 1 rings (SSSR count). The first kappa shape index (κ1) is 11.4. The van der Waals surface area contributed by atoms with Gasteiger partial charge in [-0.05, 0) is 24.5 Å². The van der Waals surface area contributed by atoms with Crippen molar-refractivity contribution >= 4 is 21.7 Å². The minimum Gasteiger partial charge on any atom is -0.294 e. The third kappa shape index (κ3) is 2.68. The standard InChI is InChI=1S/C12H15BrO/c1-3-5-12(14)10-7-6-9(4-2)11(13)8-10/h6-8H,3-5H2,1-2H3. The summed E-state index contributed by atoms with van der Waals surface area (Å²) in [6.45, 7) is 4.13. The van der Waals surface area contributed by atoms with E-state index in [0.29, 0.717) is 6.42 Å². The SMILES string of the molecule is CCCC(=O)c1ccc(CC)c(Br)c1. The second-order valence-electron chi connectivity index (χ2n) is 3.33. The van der Waals surface area contributed by atoms with Crippen molar-refractivity contribution in [1.82, 2.24) is 0 Å². The molecular formula is C12H15BrO. The highest BCUT2D eigenvalue weighted by Gasteiger charge is 2.06. The molecule has 14 heavy (non-hydrogen) atoms. The zero-order valence-electron chi connectivity index (χ0n) is 8.64. The fraction of sp³-hybridized carbons (Fsp3) is 0.417. The van der Waals surface area contributed by atoms with E-state index in [-0.39, 0.29) is 5.78 Å². The summed E-state index contributed by atoms with van der Waals surface area (Å²) in [7, 11) is 0. The van der Waals surface area contributed by atoms with E-state index < -0.39 is 0 Å². The number of carbonyl (C=O) groups is 1. The van der Waals surface area contributed by atoms with Gasteiger partial charge in [0.1, 0.15) is 0 Å². The van der Waals surface area contributed by atoms with E-state index in [1.807, 2.05) is 25.1 Å². The van der Waals surface area contributed by atoms with Gasteiger partial charge in [-0.1, -0.05) is 41.9 Å². The summed E-state index contributed by atoms with van der Waals surface area (Å²) in [6, 6.07) is 5.87. The van der Waals surface area contributed by atoms with Crippen molar-refractivity contribution in [1.29, 1.82) is 0 Å². The largest absolute Gasteiger partial charge is 0.294 e. The van der Waals surface area contributed by atoms with Gasteiger partial charge in [0.25, 0.3) is 0 Å². The number of rotatable bonds is 4. The number of aryl methyl sites for hydroxylation is 1. The van der Waals surface area contributed by atoms with Gasteiger partial charge < -0.3 is 0 Å². The maximum absolute atomic E-state index is 11.6. The lowest BCUT2D eigenvalue weighted by Gasteiger charge is -2.04. The average Bonchev–Trinajstić information content (AvgIpc) is 2.18. The summed E-state index contributed by atoms with van der Waals surface area (Å²) < 4.78 is 1.04. The molecule has 0 saturated heterocycles. The molecule has 1 aromatic rings. The van der Waals surface area contributed by atoms with Crippen LogP contribution in [0.2, 0.25) is 0 Å². The third-order valence-electron chi connectivity index (χ3n) is 2.23. The Morgan fingerprint density at radius 3 is 2.57 bits per heavy atom. The van der Waals surface area contributed by atoms with E-state index in [1.165, 1.54) is 5.56 Å². The van der Waals surface area contributed by atoms with Crippen molar-refractivity contribution in [2.75, 3.05) is 0 Å². The van der Waals surface area contributed by atoms with Crippen LogP contribution in [0.25, 0.3) is 0 Å². The van der Waals surface area contributed by atoms with Gasteiger partial charge >= 0.3 is 0 Å². The first-order valence-electron chi connectivity index (χ1n) is 5.00. The molecule has 0 saturated carbocycles. The second-order valence-corrected chi connectivity index (χ2v) is 4.19. The number of Topliss-reactive ketones (excluding diaryl/α,β-unsaturated/α-hetero) is 1. The summed E-state index contributed by atoms with van der Waals surface area (Å²) in [6.07, 6.45) is 2.53. The molecule has 1 aromatic carbocycles. The van der Waals surface area contributed by atoms with Crippen LogP contribution in [0.3, 0.4) is 0 Å². The van der Waals surface area contributed by atoms with Gasteiger partial charge in [-0.15, -0.1) is 0 Å². The van der Waals surface area contributed by atoms with Crippen LogP contribution in [0, 0.1) is 0 Å². The van der Waals surface area contributed by atoms with Gasteiger partial charge in [0.15, 0.2) is 5.78 Å². The Morgan fingerprint density at radius 1 is 1.36 bits per heavy atom. The van der Waals surface area contributed by atoms with Crippen LogP contribution in [0.15, 0.2) is 22.7 Å². The molecule has 2 heteroatoms. The van der Waals surface area contributed by atoms with Crippen LogP contribution in [0.1, 0.15) is 42.6 Å². The highest BCUT2D eigenvalue weighted by molar-refractivity contribution is 9.10. The number of hydrogen-bond donors (Lipinski definition) is 0. The molecule has 0 radical (unpaired) electrons. The Balaban J connectivity index is 2.91. The monoisotopic (exact) mass is 254 g/mol. The Kier molecular flexibility index (Phi) is 4.33. The minimum atomic E-state index is 0.232. The summed E-state index contributed by atoms with van der Waals surface area (Å²) >= 11 is 3.47. The molecule has 76 valence electrons. The van der Waals surface area contributed by atoms with Crippen molar-refractivity contribution in [2.45, 2.75) is 33.1 Å². The summed E-state index contributed by atoms with van der Waals surface area (Å²) in [5.41, 5.74) is 2.06. The number of ketones is 1. The smallest absolute Gasteiger partial charge is 0.162 e. The topological polar surface area (TPSA) is 17.1 Å². The molecular weight excluding hydrogens is 240 g/mol. The van der Waals surface area contributed by atoms with Gasteiger partial charge in [0, 0.05) is 16.5 Å². The average molecular weight is 255 g/mol. The Hall–Kier alpha value is -0.630. The van der Waals surface area contributed by atoms with Crippen molar-refractivity contribution in [3.63, 3.8) is 0 Å². The van der Waals surface area contributed by atoms with Gasteiger partial charge in [-0.25, -0.2) is 0 Å². The molecule has 0 N–H and O–H groups in total. The number of carbonyl (C=O) groups excluding carboxylic acids is 1. The molecule has 0 aliphatic carbocycles. The number of hydrogen-bond acceptors (Lipinski definition) is 1. The maximum Gasteiger partial charge on any atom is 0.162 e. The van der Waals surface area contributed by atoms with Gasteiger partial charge in [0.05, 0.1) is 0 Å². The molecule has 0 aliphatic rings. The van der Waals surface area contributed by atoms with Crippen LogP contribution in [-0.2, 0) is 6.42 Å². The number of benzene rings is 1. The van der Waals surface area contributed by atoms with Gasteiger partial charge in [0.2, 0.25) is 0 Å². The van der Waals surface area contributed by atoms with Gasteiger partial charge in [-0.3, -0.25) is 4.79 Å². The van der Waals surface area contributed by atoms with Crippen LogP contribution < -0.4 is 0 Å². The summed E-state index contributed by atoms with van der Waals surface area (Å²) in [4.78, 5) is 11.6. The lowest BCUT2D eigenvalue weighted by atomic mass is 10.0. The fourth-order valence-corrected chi connectivity index (χ4v) is 2.04. The van der Waals surface area contributed by atoms with Crippen molar-refractivity contribution in [3.05, 3.63) is 33.8 Å². The molecule has 0 aromatic heterocycles. The van der Waals surface area contributed by atoms with Crippen LogP contribution in [0.4, 0.5) is 0 Å².